The Balaban J connectivity index is 0.000000196. The zero-order valence-corrected chi connectivity index (χ0v) is 78.0. The fraction of sp³-hybridized carbons (Fsp3) is 0.475. The molecule has 0 radical (unpaired) electrons. The van der Waals surface area contributed by atoms with Gasteiger partial charge in [-0.05, 0) is 249 Å². The van der Waals surface area contributed by atoms with E-state index in [1.807, 2.05) is 194 Å². The predicted octanol–water partition coefficient (Wildman–Crippen LogP) is 15.3. The van der Waals surface area contributed by atoms with Gasteiger partial charge in [0, 0.05) is 138 Å². The number of esters is 2. The van der Waals surface area contributed by atoms with Gasteiger partial charge in [0.05, 0.1) is 51.8 Å². The molecule has 27 heteroatoms. The Labute approximate surface area is 749 Å². The SMILES string of the molecule is CCN(c1cc(-c2ccc(COCCOc3ccc4c(c3)C(=O)N([C@H](C(=O)OC)C(C)C)C4)cc2)cc(C(=O)NCc2c(C)cc(C)[nH]c2=O)c1C)C1CCOCC1.CCN(c1cc(Br)cc(C(=O)CCc2c(C)cc(C)[nH]c2=O)c1C)C1CCOCC1.COC(=O)[C@H](C(C)C)N1Cc2ccc(OCCOCc3ccc(B4OC(C)(C)C(C)(C)O4)cc3)cc2C1=O. The van der Waals surface area contributed by atoms with Gasteiger partial charge in [0.2, 0.25) is 0 Å². The lowest BCUT2D eigenvalue weighted by molar-refractivity contribution is -0.148. The molecule has 3 fully saturated rings. The number of amides is 3. The van der Waals surface area contributed by atoms with Crippen molar-refractivity contribution in [3.63, 3.8) is 0 Å². The van der Waals surface area contributed by atoms with Gasteiger partial charge in [-0.2, -0.15) is 0 Å². The number of benzene rings is 6. The number of fused-ring (bicyclic) bond motifs is 2. The summed E-state index contributed by atoms with van der Waals surface area (Å²) in [7, 11) is 2.30. The summed E-state index contributed by atoms with van der Waals surface area (Å²) in [6.07, 6.45) is 4.58. The predicted molar refractivity (Wildman–Crippen MR) is 492 cm³/mol. The molecular weight excluding hydrogens is 1670 g/mol. The number of pyridine rings is 2. The smallest absolute Gasteiger partial charge is 0.491 e. The Kier molecular flexibility index (Phi) is 33.3. The number of methoxy groups -OCH3 is 2. The molecule has 126 heavy (non-hydrogen) atoms. The number of Topliss-reactive ketones (excluding diaryl/α,β-unsaturated/α-hetero) is 1. The number of rotatable bonds is 33. The molecule has 3 amide bonds. The second kappa shape index (κ2) is 43.5. The van der Waals surface area contributed by atoms with Crippen LogP contribution in [0.2, 0.25) is 0 Å². The zero-order valence-electron chi connectivity index (χ0n) is 76.5. The number of halogens is 1. The van der Waals surface area contributed by atoms with Gasteiger partial charge < -0.3 is 82.1 Å². The van der Waals surface area contributed by atoms with E-state index in [2.05, 4.69) is 67.0 Å². The molecule has 0 bridgehead atoms. The van der Waals surface area contributed by atoms with Gasteiger partial charge in [-0.1, -0.05) is 104 Å². The normalized spacial score (nSPS) is 15.9. The van der Waals surface area contributed by atoms with Crippen molar-refractivity contribution in [1.29, 1.82) is 0 Å². The fourth-order valence-corrected chi connectivity index (χ4v) is 17.6. The first kappa shape index (κ1) is 96.4. The van der Waals surface area contributed by atoms with Crippen LogP contribution in [0.25, 0.3) is 11.1 Å². The van der Waals surface area contributed by atoms with Gasteiger partial charge in [0.15, 0.2) is 5.78 Å². The van der Waals surface area contributed by atoms with Crippen molar-refractivity contribution >= 4 is 75.3 Å². The minimum Gasteiger partial charge on any atom is -0.491 e. The van der Waals surface area contributed by atoms with E-state index in [0.717, 1.165) is 146 Å². The number of anilines is 2. The summed E-state index contributed by atoms with van der Waals surface area (Å²) in [4.78, 5) is 117. The quantitative estimate of drug-likeness (QED) is 0.0149. The van der Waals surface area contributed by atoms with Crippen molar-refractivity contribution in [3.8, 4) is 22.6 Å². The molecule has 674 valence electrons. The largest absolute Gasteiger partial charge is 0.494 e. The average Bonchev–Trinajstić information content (AvgIpc) is 1.49. The molecule has 13 rings (SSSR count). The van der Waals surface area contributed by atoms with Crippen LogP contribution in [-0.4, -0.2) is 178 Å². The van der Waals surface area contributed by atoms with Crippen molar-refractivity contribution in [2.75, 3.05) is 90.0 Å². The molecule has 8 aromatic rings. The maximum atomic E-state index is 13.9. The molecule has 2 aromatic heterocycles. The molecule has 0 aliphatic carbocycles. The number of carbonyl (C=O) groups excluding carboxylic acids is 6. The Bertz CT molecular complexity index is 5290. The Morgan fingerprint density at radius 2 is 0.992 bits per heavy atom. The van der Waals surface area contributed by atoms with Crippen molar-refractivity contribution < 1.29 is 76.0 Å². The minimum absolute atomic E-state index is 0.0616. The van der Waals surface area contributed by atoms with Gasteiger partial charge in [-0.3, -0.25) is 28.8 Å². The summed E-state index contributed by atoms with van der Waals surface area (Å²) in [6.45, 7) is 39.3. The van der Waals surface area contributed by atoms with E-state index in [1.54, 1.807) is 21.9 Å². The monoisotopic (exact) mass is 1790 g/mol. The third kappa shape index (κ3) is 23.4. The molecular formula is C99H125BBrN7O18. The fourth-order valence-electron chi connectivity index (χ4n) is 17.2. The van der Waals surface area contributed by atoms with Crippen LogP contribution in [0.4, 0.5) is 11.4 Å². The van der Waals surface area contributed by atoms with E-state index in [4.69, 9.17) is 47.2 Å². The third-order valence-corrected chi connectivity index (χ3v) is 25.3. The number of aromatic nitrogens is 2. The first-order valence-electron chi connectivity index (χ1n) is 44.0. The Morgan fingerprint density at radius 3 is 1.44 bits per heavy atom. The van der Waals surface area contributed by atoms with E-state index < -0.39 is 24.0 Å². The highest BCUT2D eigenvalue weighted by Crippen LogP contribution is 2.40. The van der Waals surface area contributed by atoms with Crippen LogP contribution in [0.1, 0.15) is 210 Å². The van der Waals surface area contributed by atoms with E-state index in [-0.39, 0.29) is 71.3 Å². The number of ketones is 1. The molecule has 2 atom stereocenters. The van der Waals surface area contributed by atoms with Crippen LogP contribution in [0.5, 0.6) is 11.5 Å². The lowest BCUT2D eigenvalue weighted by Crippen LogP contribution is -2.45. The highest BCUT2D eigenvalue weighted by atomic mass is 79.9. The number of H-pyrrole nitrogens is 2. The molecule has 0 saturated carbocycles. The van der Waals surface area contributed by atoms with E-state index >= 15 is 0 Å². The molecule has 0 unspecified atom stereocenters. The van der Waals surface area contributed by atoms with Crippen LogP contribution in [0.15, 0.2) is 135 Å². The van der Waals surface area contributed by atoms with Gasteiger partial charge >= 0.3 is 19.1 Å². The van der Waals surface area contributed by atoms with Crippen molar-refractivity contribution in [2.45, 2.75) is 218 Å². The molecule has 6 aromatic carbocycles. The van der Waals surface area contributed by atoms with Crippen molar-refractivity contribution in [3.05, 3.63) is 236 Å². The van der Waals surface area contributed by atoms with Crippen LogP contribution in [0, 0.1) is 53.4 Å². The molecule has 7 heterocycles. The second-order valence-electron chi connectivity index (χ2n) is 34.8. The zero-order chi connectivity index (χ0) is 91.0. The first-order valence-corrected chi connectivity index (χ1v) is 44.8. The Hall–Kier alpha value is -10.3. The number of carbonyl (C=O) groups is 6. The summed E-state index contributed by atoms with van der Waals surface area (Å²) in [5.41, 5.74) is 16.6. The number of nitrogens with one attached hydrogen (secondary N) is 3. The van der Waals surface area contributed by atoms with Crippen LogP contribution < -0.4 is 41.2 Å². The average molecular weight is 1790 g/mol. The lowest BCUT2D eigenvalue weighted by Gasteiger charge is -2.37. The summed E-state index contributed by atoms with van der Waals surface area (Å²) in [5.74, 6) is -0.395. The number of aryl methyl sites for hydroxylation is 4. The maximum absolute atomic E-state index is 13.9. The Morgan fingerprint density at radius 1 is 0.548 bits per heavy atom. The maximum Gasteiger partial charge on any atom is 0.494 e. The van der Waals surface area contributed by atoms with Crippen LogP contribution >= 0.6 is 15.9 Å². The topological polar surface area (TPSA) is 285 Å². The summed E-state index contributed by atoms with van der Waals surface area (Å²) in [5, 5.41) is 3.02. The van der Waals surface area contributed by atoms with Gasteiger partial charge in [-0.25, -0.2) is 9.59 Å². The first-order chi connectivity index (χ1) is 60.1. The molecule has 5 aliphatic heterocycles. The number of nitrogens with zero attached hydrogens (tertiary/aromatic N) is 4. The van der Waals surface area contributed by atoms with Crippen LogP contribution in [-0.2, 0) is 86.6 Å². The third-order valence-electron chi connectivity index (χ3n) is 24.8. The number of hydrogen-bond donors (Lipinski definition) is 3. The molecule has 25 nitrogen and oxygen atoms in total. The number of aromatic amines is 2. The summed E-state index contributed by atoms with van der Waals surface area (Å²) < 4.78 is 57.7. The summed E-state index contributed by atoms with van der Waals surface area (Å²) >= 11 is 3.61. The van der Waals surface area contributed by atoms with E-state index in [9.17, 15) is 38.4 Å². The van der Waals surface area contributed by atoms with Crippen molar-refractivity contribution in [1.82, 2.24) is 25.1 Å². The molecule has 5 aliphatic rings. The summed E-state index contributed by atoms with van der Waals surface area (Å²) in [6, 6.07) is 38.5. The molecule has 3 N–H and O–H groups in total. The van der Waals surface area contributed by atoms with Crippen LogP contribution in [0.3, 0.4) is 0 Å². The lowest BCUT2D eigenvalue weighted by atomic mass is 9.79. The number of ether oxygens (including phenoxy) is 8. The standard InChI is InChI=1S/C46H56N4O8.C29H38BNO7.C24H31BrN2O3/c1-8-49(36-15-17-56-18-16-36)41-23-35(22-38(31(41)6)43(51)47-25-40-29(4)21-30(5)48-44(40)52)33-11-9-32(10-12-33)27-57-19-20-58-37-14-13-34-26-50(45(53)39(34)24-37)42(28(2)3)46(54)55-7;1-19(2)25(27(33)34-7)31-17-21-10-13-23(16-24(21)26(31)32)36-15-14-35-18-20-8-11-22(12-9-20)30-37-28(3,4)29(5,6)38-30;1-5-27(19-8-10-30-11-9-19)22-14-18(25)13-21(17(22)4)23(28)7-6-20-15(2)12-16(3)26-24(20)29/h9-14,21-24,28,36,42H,8,15-20,25-27H2,1-7H3,(H,47,51)(H,48,52);8-13,16,19,25H,14-15,17-18H2,1-7H3;12-14,19H,5-11H2,1-4H3,(H,26,29)/t42-;25-;/m00./s1. The van der Waals surface area contributed by atoms with Gasteiger partial charge in [0.25, 0.3) is 28.8 Å². The van der Waals surface area contributed by atoms with Gasteiger partial charge in [0.1, 0.15) is 36.8 Å². The highest BCUT2D eigenvalue weighted by Gasteiger charge is 2.52. The second-order valence-corrected chi connectivity index (χ2v) is 35.7. The van der Waals surface area contributed by atoms with Gasteiger partial charge in [-0.15, -0.1) is 0 Å². The number of hydrogen-bond acceptors (Lipinski definition) is 20. The van der Waals surface area contributed by atoms with E-state index in [1.165, 1.54) is 14.2 Å². The minimum atomic E-state index is -0.656. The molecule has 3 saturated heterocycles. The highest BCUT2D eigenvalue weighted by molar-refractivity contribution is 9.10. The van der Waals surface area contributed by atoms with Crippen molar-refractivity contribution in [2.24, 2.45) is 11.8 Å². The van der Waals surface area contributed by atoms with E-state index in [0.29, 0.717) is 130 Å². The molecule has 0 spiro atoms.